The van der Waals surface area contributed by atoms with Crippen LogP contribution in [0.5, 0.6) is 0 Å². The zero-order chi connectivity index (χ0) is 27.4. The van der Waals surface area contributed by atoms with Gasteiger partial charge >= 0.3 is 0 Å². The summed E-state index contributed by atoms with van der Waals surface area (Å²) in [6, 6.07) is 0. The summed E-state index contributed by atoms with van der Waals surface area (Å²) >= 11 is 0. The van der Waals surface area contributed by atoms with Crippen molar-refractivity contribution in [2.24, 2.45) is 0 Å². The van der Waals surface area contributed by atoms with Gasteiger partial charge in [-0.2, -0.15) is 0 Å². The number of nitrogens with zero attached hydrogens (tertiary/aromatic N) is 2. The Morgan fingerprint density at radius 3 is 0.921 bits per heavy atom. The van der Waals surface area contributed by atoms with E-state index in [9.17, 15) is 0 Å². The van der Waals surface area contributed by atoms with Gasteiger partial charge in [0.05, 0.1) is 0 Å². The van der Waals surface area contributed by atoms with E-state index in [0.29, 0.717) is 6.17 Å². The Balaban J connectivity index is 2.20. The van der Waals surface area contributed by atoms with Gasteiger partial charge < -0.3 is 9.80 Å². The monoisotopic (exact) mass is 533 g/mol. The molecule has 0 N–H and O–H groups in total. The van der Waals surface area contributed by atoms with Crippen molar-refractivity contribution in [3.05, 3.63) is 12.4 Å². The van der Waals surface area contributed by atoms with Gasteiger partial charge in [0, 0.05) is 25.5 Å². The molecule has 226 valence electrons. The molecule has 1 aliphatic rings. The minimum Gasteiger partial charge on any atom is -0.356 e. The lowest BCUT2D eigenvalue weighted by molar-refractivity contribution is 0.135. The van der Waals surface area contributed by atoms with E-state index in [1.54, 1.807) is 0 Å². The predicted octanol–water partition coefficient (Wildman–Crippen LogP) is 12.4. The molecule has 1 unspecified atom stereocenters. The van der Waals surface area contributed by atoms with Gasteiger partial charge in [0.2, 0.25) is 0 Å². The predicted molar refractivity (Wildman–Crippen MR) is 173 cm³/mol. The van der Waals surface area contributed by atoms with Crippen LogP contribution >= 0.6 is 0 Å². The third-order valence-electron chi connectivity index (χ3n) is 8.82. The summed E-state index contributed by atoms with van der Waals surface area (Å²) in [5.41, 5.74) is 0. The Labute approximate surface area is 241 Å². The Morgan fingerprint density at radius 1 is 0.342 bits per heavy atom. The molecule has 0 bridgehead atoms. The van der Waals surface area contributed by atoms with E-state index in [4.69, 9.17) is 0 Å². The number of hydrogen-bond acceptors (Lipinski definition) is 2. The molecule has 0 radical (unpaired) electrons. The second kappa shape index (κ2) is 27.9. The molecule has 1 atom stereocenters. The fourth-order valence-corrected chi connectivity index (χ4v) is 6.19. The average Bonchev–Trinajstić information content (AvgIpc) is 3.31. The van der Waals surface area contributed by atoms with E-state index in [1.165, 1.54) is 193 Å². The van der Waals surface area contributed by atoms with Gasteiger partial charge in [-0.25, -0.2) is 0 Å². The summed E-state index contributed by atoms with van der Waals surface area (Å²) in [4.78, 5) is 5.40. The van der Waals surface area contributed by atoms with Crippen molar-refractivity contribution >= 4 is 0 Å². The highest BCUT2D eigenvalue weighted by Crippen LogP contribution is 2.24. The first kappa shape index (κ1) is 35.4. The molecule has 2 heteroatoms. The lowest BCUT2D eigenvalue weighted by Gasteiger charge is -2.33. The molecule has 1 aliphatic heterocycles. The summed E-state index contributed by atoms with van der Waals surface area (Å²) in [6.45, 7) is 9.47. The molecule has 0 saturated carbocycles. The minimum absolute atomic E-state index is 0.642. The van der Waals surface area contributed by atoms with Gasteiger partial charge in [-0.05, 0) is 25.7 Å². The molecular formula is C36H72N2. The van der Waals surface area contributed by atoms with Gasteiger partial charge in [-0.1, -0.05) is 175 Å². The summed E-state index contributed by atoms with van der Waals surface area (Å²) < 4.78 is 0. The Morgan fingerprint density at radius 2 is 0.605 bits per heavy atom. The maximum Gasteiger partial charge on any atom is 0.101 e. The smallest absolute Gasteiger partial charge is 0.101 e. The summed E-state index contributed by atoms with van der Waals surface area (Å²) in [5.74, 6) is 0. The van der Waals surface area contributed by atoms with Gasteiger partial charge in [0.1, 0.15) is 6.17 Å². The maximum atomic E-state index is 2.70. The van der Waals surface area contributed by atoms with Crippen LogP contribution in [0.15, 0.2) is 12.4 Å². The highest BCUT2D eigenvalue weighted by Gasteiger charge is 2.24. The molecule has 0 fully saturated rings. The van der Waals surface area contributed by atoms with Crippen LogP contribution in [0, 0.1) is 0 Å². The van der Waals surface area contributed by atoms with Crippen molar-refractivity contribution in [3.63, 3.8) is 0 Å². The highest BCUT2D eigenvalue weighted by atomic mass is 15.4. The summed E-state index contributed by atoms with van der Waals surface area (Å²) in [7, 11) is 0. The standard InChI is InChI=1S/C36H72N2/c1-4-7-10-13-16-18-19-20-21-22-23-25-28-31-36-37(32-29-26-15-12-9-6-3)34-35-38(36)33-30-27-24-17-14-11-8-5-2/h34-36H,4-33H2,1-3H3. The lowest BCUT2D eigenvalue weighted by atomic mass is 10.0. The van der Waals surface area contributed by atoms with Crippen molar-refractivity contribution < 1.29 is 0 Å². The first-order chi connectivity index (χ1) is 18.8. The molecule has 0 aromatic carbocycles. The van der Waals surface area contributed by atoms with Crippen molar-refractivity contribution in [1.29, 1.82) is 0 Å². The van der Waals surface area contributed by atoms with Crippen LogP contribution in [0.25, 0.3) is 0 Å². The summed E-state index contributed by atoms with van der Waals surface area (Å²) in [5, 5.41) is 0. The van der Waals surface area contributed by atoms with Gasteiger partial charge in [0.25, 0.3) is 0 Å². The van der Waals surface area contributed by atoms with E-state index in [1.807, 2.05) is 0 Å². The van der Waals surface area contributed by atoms with Crippen LogP contribution in [0.4, 0.5) is 0 Å². The maximum absolute atomic E-state index is 2.70. The normalized spacial score (nSPS) is 15.3. The minimum atomic E-state index is 0.642. The molecule has 38 heavy (non-hydrogen) atoms. The van der Waals surface area contributed by atoms with Crippen molar-refractivity contribution in [3.8, 4) is 0 Å². The fraction of sp³-hybridized carbons (Fsp3) is 0.944. The molecule has 0 aliphatic carbocycles. The molecule has 0 aromatic heterocycles. The van der Waals surface area contributed by atoms with Crippen molar-refractivity contribution in [2.75, 3.05) is 13.1 Å². The van der Waals surface area contributed by atoms with Crippen LogP contribution in [-0.4, -0.2) is 29.1 Å². The lowest BCUT2D eigenvalue weighted by Crippen LogP contribution is -2.39. The Kier molecular flexibility index (Phi) is 26.0. The molecule has 0 amide bonds. The zero-order valence-corrected chi connectivity index (χ0v) is 26.8. The third-order valence-corrected chi connectivity index (χ3v) is 8.82. The van der Waals surface area contributed by atoms with Crippen LogP contribution in [0.3, 0.4) is 0 Å². The zero-order valence-electron chi connectivity index (χ0n) is 26.8. The summed E-state index contributed by atoms with van der Waals surface area (Å²) in [6.07, 6.45) is 45.5. The first-order valence-electron chi connectivity index (χ1n) is 18.0. The highest BCUT2D eigenvalue weighted by molar-refractivity contribution is 4.97. The van der Waals surface area contributed by atoms with Crippen molar-refractivity contribution in [1.82, 2.24) is 9.80 Å². The van der Waals surface area contributed by atoms with Gasteiger partial charge in [-0.3, -0.25) is 0 Å². The van der Waals surface area contributed by atoms with Crippen LogP contribution < -0.4 is 0 Å². The molecule has 1 heterocycles. The SMILES string of the molecule is CCCCCCCCCCCCCCCC1N(CCCCCCCC)C=CN1CCCCCCCCCC. The average molecular weight is 533 g/mol. The van der Waals surface area contributed by atoms with Gasteiger partial charge in [-0.15, -0.1) is 0 Å². The van der Waals surface area contributed by atoms with E-state index in [2.05, 4.69) is 43.0 Å². The molecular weight excluding hydrogens is 460 g/mol. The molecule has 1 rings (SSSR count). The number of hydrogen-bond donors (Lipinski definition) is 0. The van der Waals surface area contributed by atoms with Crippen LogP contribution in [0.1, 0.15) is 201 Å². The van der Waals surface area contributed by atoms with E-state index in [0.717, 1.165) is 0 Å². The Bertz CT molecular complexity index is 488. The third kappa shape index (κ3) is 20.3. The van der Waals surface area contributed by atoms with Crippen LogP contribution in [0.2, 0.25) is 0 Å². The molecule has 0 aromatic rings. The topological polar surface area (TPSA) is 6.48 Å². The second-order valence-corrected chi connectivity index (χ2v) is 12.5. The second-order valence-electron chi connectivity index (χ2n) is 12.5. The van der Waals surface area contributed by atoms with Gasteiger partial charge in [0.15, 0.2) is 0 Å². The number of rotatable bonds is 30. The van der Waals surface area contributed by atoms with Crippen LogP contribution in [-0.2, 0) is 0 Å². The van der Waals surface area contributed by atoms with Crippen molar-refractivity contribution in [2.45, 2.75) is 207 Å². The molecule has 0 saturated heterocycles. The number of unbranched alkanes of at least 4 members (excludes halogenated alkanes) is 24. The van der Waals surface area contributed by atoms with E-state index in [-0.39, 0.29) is 0 Å². The van der Waals surface area contributed by atoms with E-state index >= 15 is 0 Å². The Hall–Kier alpha value is -0.660. The first-order valence-corrected chi connectivity index (χ1v) is 18.0. The van der Waals surface area contributed by atoms with E-state index < -0.39 is 0 Å². The molecule has 2 nitrogen and oxygen atoms in total. The largest absolute Gasteiger partial charge is 0.356 e. The molecule has 0 spiro atoms. The quantitative estimate of drug-likeness (QED) is 0.0848. The fourth-order valence-electron chi connectivity index (χ4n) is 6.19.